The molecule has 80 valence electrons. The summed E-state index contributed by atoms with van der Waals surface area (Å²) in [6, 6.07) is 13.0. The van der Waals surface area contributed by atoms with Gasteiger partial charge in [-0.15, -0.1) is 12.4 Å². The molecule has 2 rings (SSSR count). The first-order valence-electron chi connectivity index (χ1n) is 4.95. The Morgan fingerprint density at radius 1 is 1.00 bits per heavy atom. The zero-order valence-electron chi connectivity index (χ0n) is 9.08. The van der Waals surface area contributed by atoms with E-state index < -0.39 is 0 Å². The van der Waals surface area contributed by atoms with Gasteiger partial charge in [0.1, 0.15) is 0 Å². The Hall–Kier alpha value is -1.05. The Labute approximate surface area is 96.9 Å². The van der Waals surface area contributed by atoms with Gasteiger partial charge in [0, 0.05) is 6.54 Å². The quantitative estimate of drug-likeness (QED) is 0.821. The van der Waals surface area contributed by atoms with Crippen LogP contribution in [-0.4, -0.2) is 7.05 Å². The summed E-state index contributed by atoms with van der Waals surface area (Å²) in [7, 11) is 1.98. The summed E-state index contributed by atoms with van der Waals surface area (Å²) < 4.78 is 0. The molecule has 2 aromatic carbocycles. The third-order valence-corrected chi connectivity index (χ3v) is 2.60. The summed E-state index contributed by atoms with van der Waals surface area (Å²) in [6.45, 7) is 3.09. The second-order valence-electron chi connectivity index (χ2n) is 3.62. The summed E-state index contributed by atoms with van der Waals surface area (Å²) >= 11 is 0. The normalized spacial score (nSPS) is 10.0. The molecule has 1 N–H and O–H groups in total. The SMILES string of the molecule is CNCc1ccc(C)c2ccccc12.Cl. The van der Waals surface area contributed by atoms with Gasteiger partial charge in [0.15, 0.2) is 0 Å². The molecule has 0 saturated heterocycles. The lowest BCUT2D eigenvalue weighted by molar-refractivity contribution is 0.823. The molecule has 0 saturated carbocycles. The molecule has 0 aliphatic carbocycles. The molecule has 1 nitrogen and oxygen atoms in total. The predicted octanol–water partition coefficient (Wildman–Crippen LogP) is 3.29. The molecular weight excluding hydrogens is 206 g/mol. The Balaban J connectivity index is 0.00000112. The molecule has 0 atom stereocenters. The summed E-state index contributed by atoms with van der Waals surface area (Å²) in [6.07, 6.45) is 0. The van der Waals surface area contributed by atoms with E-state index >= 15 is 0 Å². The monoisotopic (exact) mass is 221 g/mol. The maximum absolute atomic E-state index is 3.20. The standard InChI is InChI=1S/C13H15N.ClH/c1-10-7-8-11(9-14-2)13-6-4-3-5-12(10)13;/h3-8,14H,9H2,1-2H3;1H. The number of fused-ring (bicyclic) bond motifs is 1. The van der Waals surface area contributed by atoms with E-state index in [-0.39, 0.29) is 12.4 Å². The molecule has 0 aromatic heterocycles. The van der Waals surface area contributed by atoms with Gasteiger partial charge in [-0.3, -0.25) is 0 Å². The van der Waals surface area contributed by atoms with Crippen LogP contribution in [0, 0.1) is 6.92 Å². The zero-order chi connectivity index (χ0) is 9.97. The van der Waals surface area contributed by atoms with Crippen molar-refractivity contribution in [2.24, 2.45) is 0 Å². The van der Waals surface area contributed by atoms with Gasteiger partial charge in [-0.1, -0.05) is 36.4 Å². The average molecular weight is 222 g/mol. The van der Waals surface area contributed by atoms with Crippen LogP contribution in [0.3, 0.4) is 0 Å². The third kappa shape index (κ3) is 2.31. The Bertz CT molecular complexity index is 451. The summed E-state index contributed by atoms with van der Waals surface area (Å²) in [5.74, 6) is 0. The van der Waals surface area contributed by atoms with Crippen molar-refractivity contribution in [1.29, 1.82) is 0 Å². The second kappa shape index (κ2) is 5.15. The van der Waals surface area contributed by atoms with E-state index in [2.05, 4.69) is 48.6 Å². The molecule has 0 aliphatic rings. The maximum Gasteiger partial charge on any atom is 0.0208 e. The molecule has 0 unspecified atom stereocenters. The van der Waals surface area contributed by atoms with Gasteiger partial charge >= 0.3 is 0 Å². The Kier molecular flexibility index (Phi) is 4.13. The topological polar surface area (TPSA) is 12.0 Å². The zero-order valence-corrected chi connectivity index (χ0v) is 9.90. The van der Waals surface area contributed by atoms with Crippen LogP contribution in [-0.2, 0) is 6.54 Å². The summed E-state index contributed by atoms with van der Waals surface area (Å²) in [5, 5.41) is 5.92. The third-order valence-electron chi connectivity index (χ3n) is 2.60. The smallest absolute Gasteiger partial charge is 0.0208 e. The number of hydrogen-bond acceptors (Lipinski definition) is 1. The molecule has 0 fully saturated rings. The van der Waals surface area contributed by atoms with Crippen LogP contribution in [0.5, 0.6) is 0 Å². The van der Waals surface area contributed by atoms with E-state index in [1.54, 1.807) is 0 Å². The van der Waals surface area contributed by atoms with Crippen LogP contribution >= 0.6 is 12.4 Å². The molecule has 0 radical (unpaired) electrons. The number of halogens is 1. The molecular formula is C13H16ClN. The highest BCUT2D eigenvalue weighted by molar-refractivity contribution is 5.88. The van der Waals surface area contributed by atoms with E-state index in [0.29, 0.717) is 0 Å². The number of rotatable bonds is 2. The fourth-order valence-corrected chi connectivity index (χ4v) is 1.86. The van der Waals surface area contributed by atoms with Crippen molar-refractivity contribution >= 4 is 23.2 Å². The molecule has 2 aromatic rings. The first-order chi connectivity index (χ1) is 6.83. The Morgan fingerprint density at radius 2 is 1.67 bits per heavy atom. The summed E-state index contributed by atoms with van der Waals surface area (Å²) in [5.41, 5.74) is 2.72. The number of nitrogens with one attached hydrogen (secondary N) is 1. The largest absolute Gasteiger partial charge is 0.316 e. The molecule has 0 bridgehead atoms. The molecule has 0 aliphatic heterocycles. The van der Waals surface area contributed by atoms with Crippen LogP contribution in [0.4, 0.5) is 0 Å². The second-order valence-corrected chi connectivity index (χ2v) is 3.62. The predicted molar refractivity (Wildman–Crippen MR) is 68.7 cm³/mol. The van der Waals surface area contributed by atoms with Crippen molar-refractivity contribution in [1.82, 2.24) is 5.32 Å². The van der Waals surface area contributed by atoms with E-state index in [1.807, 2.05) is 7.05 Å². The maximum atomic E-state index is 3.20. The minimum Gasteiger partial charge on any atom is -0.316 e. The van der Waals surface area contributed by atoms with Crippen LogP contribution in [0.2, 0.25) is 0 Å². The highest BCUT2D eigenvalue weighted by atomic mass is 35.5. The van der Waals surface area contributed by atoms with Crippen LogP contribution in [0.15, 0.2) is 36.4 Å². The Morgan fingerprint density at radius 3 is 2.33 bits per heavy atom. The fourth-order valence-electron chi connectivity index (χ4n) is 1.86. The van der Waals surface area contributed by atoms with E-state index in [0.717, 1.165) is 6.54 Å². The van der Waals surface area contributed by atoms with Gasteiger partial charge in [-0.05, 0) is 35.9 Å². The van der Waals surface area contributed by atoms with Crippen molar-refractivity contribution in [2.75, 3.05) is 7.05 Å². The van der Waals surface area contributed by atoms with Gasteiger partial charge in [-0.2, -0.15) is 0 Å². The molecule has 15 heavy (non-hydrogen) atoms. The molecule has 2 heteroatoms. The lowest BCUT2D eigenvalue weighted by atomic mass is 10.0. The van der Waals surface area contributed by atoms with Crippen LogP contribution in [0.1, 0.15) is 11.1 Å². The van der Waals surface area contributed by atoms with Crippen molar-refractivity contribution in [3.05, 3.63) is 47.5 Å². The van der Waals surface area contributed by atoms with Crippen LogP contribution < -0.4 is 5.32 Å². The minimum absolute atomic E-state index is 0. The van der Waals surface area contributed by atoms with Gasteiger partial charge in [0.2, 0.25) is 0 Å². The minimum atomic E-state index is 0. The number of aryl methyl sites for hydroxylation is 1. The van der Waals surface area contributed by atoms with E-state index in [1.165, 1.54) is 21.9 Å². The highest BCUT2D eigenvalue weighted by Gasteiger charge is 2.01. The number of benzene rings is 2. The van der Waals surface area contributed by atoms with Gasteiger partial charge < -0.3 is 5.32 Å². The van der Waals surface area contributed by atoms with Gasteiger partial charge in [-0.25, -0.2) is 0 Å². The highest BCUT2D eigenvalue weighted by Crippen LogP contribution is 2.21. The lowest BCUT2D eigenvalue weighted by Crippen LogP contribution is -2.05. The molecule has 0 spiro atoms. The summed E-state index contributed by atoms with van der Waals surface area (Å²) in [4.78, 5) is 0. The average Bonchev–Trinajstić information content (AvgIpc) is 2.23. The number of hydrogen-bond donors (Lipinski definition) is 1. The van der Waals surface area contributed by atoms with Gasteiger partial charge in [0.05, 0.1) is 0 Å². The fraction of sp³-hybridized carbons (Fsp3) is 0.231. The molecule has 0 amide bonds. The first kappa shape index (κ1) is 12.0. The van der Waals surface area contributed by atoms with E-state index in [4.69, 9.17) is 0 Å². The van der Waals surface area contributed by atoms with Crippen LogP contribution in [0.25, 0.3) is 10.8 Å². The van der Waals surface area contributed by atoms with E-state index in [9.17, 15) is 0 Å². The van der Waals surface area contributed by atoms with Crippen molar-refractivity contribution in [3.63, 3.8) is 0 Å². The first-order valence-corrected chi connectivity index (χ1v) is 4.95. The van der Waals surface area contributed by atoms with Crippen molar-refractivity contribution in [3.8, 4) is 0 Å². The lowest BCUT2D eigenvalue weighted by Gasteiger charge is -2.07. The van der Waals surface area contributed by atoms with Gasteiger partial charge in [0.25, 0.3) is 0 Å². The van der Waals surface area contributed by atoms with Crippen molar-refractivity contribution in [2.45, 2.75) is 13.5 Å². The molecule has 0 heterocycles. The van der Waals surface area contributed by atoms with Crippen molar-refractivity contribution < 1.29 is 0 Å².